The molecule has 1 rings (SSSR count). The Morgan fingerprint density at radius 2 is 2.55 bits per heavy atom. The zero-order chi connectivity index (χ0) is 8.43. The van der Waals surface area contributed by atoms with Crippen LogP contribution >= 0.6 is 0 Å². The molecule has 3 nitrogen and oxygen atoms in total. The van der Waals surface area contributed by atoms with Crippen molar-refractivity contribution in [3.63, 3.8) is 0 Å². The maximum atomic E-state index is 11.0. The van der Waals surface area contributed by atoms with E-state index in [0.717, 1.165) is 5.57 Å². The summed E-state index contributed by atoms with van der Waals surface area (Å²) in [4.78, 5) is 11.0. The number of aliphatic hydroxyl groups excluding tert-OH is 1. The summed E-state index contributed by atoms with van der Waals surface area (Å²) >= 11 is 0. The minimum atomic E-state index is -0.316. The largest absolute Gasteiger partial charge is 0.459 e. The van der Waals surface area contributed by atoms with Crippen molar-refractivity contribution in [2.75, 3.05) is 6.61 Å². The van der Waals surface area contributed by atoms with Crippen molar-refractivity contribution in [3.8, 4) is 0 Å². The third-order valence-corrected chi connectivity index (χ3v) is 1.86. The normalized spacial score (nSPS) is 30.2. The average Bonchev–Trinajstić information content (AvgIpc) is 2.30. The third kappa shape index (κ3) is 1.60. The van der Waals surface area contributed by atoms with Gasteiger partial charge in [0.15, 0.2) is 0 Å². The summed E-state index contributed by atoms with van der Waals surface area (Å²) in [5.74, 6) is -0.455. The molecule has 0 radical (unpaired) electrons. The number of hydrogen-bond acceptors (Lipinski definition) is 3. The fourth-order valence-electron chi connectivity index (χ4n) is 1.17. The zero-order valence-electron chi connectivity index (χ0n) is 6.54. The molecule has 2 atom stereocenters. The van der Waals surface area contributed by atoms with E-state index in [1.165, 1.54) is 0 Å². The highest BCUT2D eigenvalue weighted by atomic mass is 16.6. The van der Waals surface area contributed by atoms with Crippen LogP contribution in [0.4, 0.5) is 0 Å². The lowest BCUT2D eigenvalue weighted by Crippen LogP contribution is -2.10. The first kappa shape index (κ1) is 8.27. The standard InChI is InChI=1S/C8H12O3/c1-5(2)7-3-6(4-9)11-8(7)10/h6-7,9H,1,3-4H2,2H3/t6-,7+/m0/s1. The van der Waals surface area contributed by atoms with E-state index in [-0.39, 0.29) is 24.6 Å². The second-order valence-corrected chi connectivity index (χ2v) is 2.88. The number of carbonyl (C=O) groups excluding carboxylic acids is 1. The zero-order valence-corrected chi connectivity index (χ0v) is 6.54. The fourth-order valence-corrected chi connectivity index (χ4v) is 1.17. The highest BCUT2D eigenvalue weighted by molar-refractivity contribution is 5.77. The molecule has 62 valence electrons. The first-order valence-corrected chi connectivity index (χ1v) is 3.62. The lowest BCUT2D eigenvalue weighted by molar-refractivity contribution is -0.144. The van der Waals surface area contributed by atoms with Crippen molar-refractivity contribution in [1.82, 2.24) is 0 Å². The average molecular weight is 156 g/mol. The molecule has 0 aromatic carbocycles. The number of aliphatic hydroxyl groups is 1. The molecule has 1 aliphatic heterocycles. The van der Waals surface area contributed by atoms with Crippen LogP contribution in [0.25, 0.3) is 0 Å². The topological polar surface area (TPSA) is 46.5 Å². The van der Waals surface area contributed by atoms with E-state index in [1.54, 1.807) is 6.92 Å². The minimum absolute atomic E-state index is 0.0878. The predicted octanol–water partition coefficient (Wildman–Crippen LogP) is 0.486. The van der Waals surface area contributed by atoms with Crippen LogP contribution in [0, 0.1) is 5.92 Å². The Labute approximate surface area is 65.7 Å². The van der Waals surface area contributed by atoms with Gasteiger partial charge in [0, 0.05) is 6.42 Å². The first-order valence-electron chi connectivity index (χ1n) is 3.62. The maximum absolute atomic E-state index is 11.0. The van der Waals surface area contributed by atoms with Crippen LogP contribution in [0.1, 0.15) is 13.3 Å². The summed E-state index contributed by atoms with van der Waals surface area (Å²) in [6.07, 6.45) is 0.259. The fraction of sp³-hybridized carbons (Fsp3) is 0.625. The van der Waals surface area contributed by atoms with Gasteiger partial charge in [-0.15, -0.1) is 0 Å². The van der Waals surface area contributed by atoms with Gasteiger partial charge in [-0.2, -0.15) is 0 Å². The molecule has 1 heterocycles. The highest BCUT2D eigenvalue weighted by Crippen LogP contribution is 2.25. The molecule has 1 saturated heterocycles. The molecular formula is C8H12O3. The molecule has 1 N–H and O–H groups in total. The third-order valence-electron chi connectivity index (χ3n) is 1.86. The molecule has 1 aliphatic rings. The molecule has 0 amide bonds. The molecular weight excluding hydrogens is 144 g/mol. The van der Waals surface area contributed by atoms with E-state index in [4.69, 9.17) is 9.84 Å². The van der Waals surface area contributed by atoms with Crippen LogP contribution in [0.3, 0.4) is 0 Å². The Hall–Kier alpha value is -0.830. The predicted molar refractivity (Wildman–Crippen MR) is 39.9 cm³/mol. The van der Waals surface area contributed by atoms with E-state index in [1.807, 2.05) is 0 Å². The van der Waals surface area contributed by atoms with E-state index in [2.05, 4.69) is 6.58 Å². The molecule has 0 bridgehead atoms. The molecule has 0 aliphatic carbocycles. The lowest BCUT2D eigenvalue weighted by Gasteiger charge is -2.01. The SMILES string of the molecule is C=C(C)[C@H]1C[C@@H](CO)OC1=O. The molecule has 1 fully saturated rings. The Morgan fingerprint density at radius 1 is 1.91 bits per heavy atom. The molecule has 3 heteroatoms. The van der Waals surface area contributed by atoms with E-state index >= 15 is 0 Å². The van der Waals surface area contributed by atoms with Crippen LogP contribution in [0.5, 0.6) is 0 Å². The number of hydrogen-bond donors (Lipinski definition) is 1. The number of esters is 1. The van der Waals surface area contributed by atoms with Crippen molar-refractivity contribution in [3.05, 3.63) is 12.2 Å². The van der Waals surface area contributed by atoms with Crippen LogP contribution in [-0.2, 0) is 9.53 Å². The number of cyclic esters (lactones) is 1. The van der Waals surface area contributed by atoms with Gasteiger partial charge >= 0.3 is 5.97 Å². The van der Waals surface area contributed by atoms with Gasteiger partial charge in [-0.1, -0.05) is 12.2 Å². The summed E-state index contributed by atoms with van der Waals surface area (Å²) in [6, 6.07) is 0. The first-order chi connectivity index (χ1) is 5.15. The maximum Gasteiger partial charge on any atom is 0.313 e. The van der Waals surface area contributed by atoms with Gasteiger partial charge in [0.25, 0.3) is 0 Å². The van der Waals surface area contributed by atoms with Crippen molar-refractivity contribution in [1.29, 1.82) is 0 Å². The van der Waals surface area contributed by atoms with Crippen molar-refractivity contribution >= 4 is 5.97 Å². The highest BCUT2D eigenvalue weighted by Gasteiger charge is 2.34. The monoisotopic (exact) mass is 156 g/mol. The summed E-state index contributed by atoms with van der Waals surface area (Å²) in [5.41, 5.74) is 0.811. The summed E-state index contributed by atoms with van der Waals surface area (Å²) in [6.45, 7) is 5.38. The Kier molecular flexibility index (Phi) is 2.29. The van der Waals surface area contributed by atoms with Gasteiger partial charge in [0.2, 0.25) is 0 Å². The van der Waals surface area contributed by atoms with Gasteiger partial charge in [0.05, 0.1) is 12.5 Å². The van der Waals surface area contributed by atoms with Crippen molar-refractivity contribution in [2.24, 2.45) is 5.92 Å². The van der Waals surface area contributed by atoms with Crippen LogP contribution in [-0.4, -0.2) is 23.8 Å². The van der Waals surface area contributed by atoms with Crippen molar-refractivity contribution < 1.29 is 14.6 Å². The summed E-state index contributed by atoms with van der Waals surface area (Å²) < 4.78 is 4.83. The van der Waals surface area contributed by atoms with Gasteiger partial charge in [0.1, 0.15) is 6.10 Å². The quantitative estimate of drug-likeness (QED) is 0.467. The van der Waals surface area contributed by atoms with Crippen LogP contribution in [0.15, 0.2) is 12.2 Å². The molecule has 0 aromatic heterocycles. The Morgan fingerprint density at radius 3 is 2.82 bits per heavy atom. The summed E-state index contributed by atoms with van der Waals surface area (Å²) in [7, 11) is 0. The molecule has 11 heavy (non-hydrogen) atoms. The van der Waals surface area contributed by atoms with Gasteiger partial charge < -0.3 is 9.84 Å². The van der Waals surface area contributed by atoms with E-state index < -0.39 is 0 Å². The Balaban J connectivity index is 2.59. The smallest absolute Gasteiger partial charge is 0.313 e. The van der Waals surface area contributed by atoms with Gasteiger partial charge in [-0.25, -0.2) is 0 Å². The van der Waals surface area contributed by atoms with E-state index in [9.17, 15) is 4.79 Å². The number of carbonyl (C=O) groups is 1. The van der Waals surface area contributed by atoms with Crippen molar-refractivity contribution in [2.45, 2.75) is 19.4 Å². The Bertz CT molecular complexity index is 186. The number of ether oxygens (including phenoxy) is 1. The van der Waals surface area contributed by atoms with Gasteiger partial charge in [-0.3, -0.25) is 4.79 Å². The van der Waals surface area contributed by atoms with E-state index in [0.29, 0.717) is 6.42 Å². The molecule has 0 spiro atoms. The summed E-state index contributed by atoms with van der Waals surface area (Å²) in [5, 5.41) is 8.68. The van der Waals surface area contributed by atoms with Crippen LogP contribution < -0.4 is 0 Å². The minimum Gasteiger partial charge on any atom is -0.459 e. The van der Waals surface area contributed by atoms with Crippen LogP contribution in [0.2, 0.25) is 0 Å². The lowest BCUT2D eigenvalue weighted by atomic mass is 9.98. The molecule has 0 aromatic rings. The second-order valence-electron chi connectivity index (χ2n) is 2.88. The second kappa shape index (κ2) is 3.05. The molecule has 0 unspecified atom stereocenters. The van der Waals surface area contributed by atoms with Gasteiger partial charge in [-0.05, 0) is 6.92 Å². The molecule has 0 saturated carbocycles. The number of rotatable bonds is 2.